The number of aromatic nitrogens is 1. The van der Waals surface area contributed by atoms with Gasteiger partial charge < -0.3 is 10.6 Å². The number of nitrogens with two attached hydrogens (primary N) is 1. The standard InChI is InChI=1S/C17H28N4/c1-15-5-7-17(14-18,8-6-15)21-12-10-20(11-13-21)16-4-2-3-9-19-16/h2-4,9,15H,5-8,10-14,18H2,1H3. The Morgan fingerprint density at radius 1 is 1.19 bits per heavy atom. The van der Waals surface area contributed by atoms with Crippen LogP contribution in [0.25, 0.3) is 0 Å². The SMILES string of the molecule is CC1CCC(CN)(N2CCN(c3ccccn3)CC2)CC1. The quantitative estimate of drug-likeness (QED) is 0.925. The highest BCUT2D eigenvalue weighted by molar-refractivity contribution is 5.38. The third-order valence-corrected chi connectivity index (χ3v) is 5.51. The number of anilines is 1. The molecule has 0 atom stereocenters. The maximum atomic E-state index is 6.19. The summed E-state index contributed by atoms with van der Waals surface area (Å²) < 4.78 is 0. The number of rotatable bonds is 3. The second-order valence-electron chi connectivity index (χ2n) is 6.77. The highest BCUT2D eigenvalue weighted by Gasteiger charge is 2.39. The van der Waals surface area contributed by atoms with E-state index in [9.17, 15) is 0 Å². The lowest BCUT2D eigenvalue weighted by molar-refractivity contribution is 0.0400. The molecule has 2 aliphatic rings. The molecule has 1 aliphatic heterocycles. The Hall–Kier alpha value is -1.13. The Bertz CT molecular complexity index is 431. The molecule has 1 aromatic rings. The normalized spacial score (nSPS) is 31.3. The molecule has 1 aromatic heterocycles. The van der Waals surface area contributed by atoms with Gasteiger partial charge in [-0.25, -0.2) is 4.98 Å². The van der Waals surface area contributed by atoms with Gasteiger partial charge in [-0.15, -0.1) is 0 Å². The van der Waals surface area contributed by atoms with E-state index >= 15 is 0 Å². The minimum absolute atomic E-state index is 0.267. The van der Waals surface area contributed by atoms with Gasteiger partial charge in [-0.1, -0.05) is 13.0 Å². The summed E-state index contributed by atoms with van der Waals surface area (Å²) in [5.74, 6) is 1.98. The first-order valence-corrected chi connectivity index (χ1v) is 8.35. The van der Waals surface area contributed by atoms with Crippen molar-refractivity contribution in [1.82, 2.24) is 9.88 Å². The minimum Gasteiger partial charge on any atom is -0.354 e. The summed E-state index contributed by atoms with van der Waals surface area (Å²) in [7, 11) is 0. The van der Waals surface area contributed by atoms with Gasteiger partial charge in [-0.3, -0.25) is 4.90 Å². The molecule has 1 aliphatic carbocycles. The van der Waals surface area contributed by atoms with Gasteiger partial charge in [0.05, 0.1) is 0 Å². The largest absolute Gasteiger partial charge is 0.354 e. The molecule has 0 radical (unpaired) electrons. The van der Waals surface area contributed by atoms with Gasteiger partial charge in [-0.2, -0.15) is 0 Å². The highest BCUT2D eigenvalue weighted by Crippen LogP contribution is 2.36. The third kappa shape index (κ3) is 3.06. The molecule has 0 unspecified atom stereocenters. The lowest BCUT2D eigenvalue weighted by Gasteiger charge is -2.50. The fourth-order valence-electron chi connectivity index (χ4n) is 3.90. The van der Waals surface area contributed by atoms with E-state index in [1.54, 1.807) is 0 Å². The van der Waals surface area contributed by atoms with Crippen LogP contribution < -0.4 is 10.6 Å². The molecule has 3 rings (SSSR count). The fraction of sp³-hybridized carbons (Fsp3) is 0.706. The zero-order chi connectivity index (χ0) is 14.7. The second-order valence-corrected chi connectivity index (χ2v) is 6.77. The number of hydrogen-bond acceptors (Lipinski definition) is 4. The lowest BCUT2D eigenvalue weighted by atomic mass is 9.75. The second kappa shape index (κ2) is 6.32. The minimum atomic E-state index is 0.267. The zero-order valence-electron chi connectivity index (χ0n) is 13.2. The van der Waals surface area contributed by atoms with Crippen molar-refractivity contribution >= 4 is 5.82 Å². The smallest absolute Gasteiger partial charge is 0.128 e. The first kappa shape index (κ1) is 14.8. The Morgan fingerprint density at radius 3 is 2.48 bits per heavy atom. The third-order valence-electron chi connectivity index (χ3n) is 5.51. The van der Waals surface area contributed by atoms with Crippen molar-refractivity contribution in [2.45, 2.75) is 38.1 Å². The Morgan fingerprint density at radius 2 is 1.90 bits per heavy atom. The summed E-state index contributed by atoms with van der Waals surface area (Å²) in [5.41, 5.74) is 6.46. The van der Waals surface area contributed by atoms with E-state index in [1.807, 2.05) is 12.3 Å². The molecule has 0 spiro atoms. The van der Waals surface area contributed by atoms with E-state index in [0.29, 0.717) is 0 Å². The molecule has 0 bridgehead atoms. The molecular weight excluding hydrogens is 260 g/mol. The van der Waals surface area contributed by atoms with E-state index in [2.05, 4.69) is 33.8 Å². The topological polar surface area (TPSA) is 45.4 Å². The van der Waals surface area contributed by atoms with Crippen molar-refractivity contribution in [1.29, 1.82) is 0 Å². The zero-order valence-corrected chi connectivity index (χ0v) is 13.2. The Kier molecular flexibility index (Phi) is 4.45. The van der Waals surface area contributed by atoms with Crippen molar-refractivity contribution in [2.75, 3.05) is 37.6 Å². The van der Waals surface area contributed by atoms with Gasteiger partial charge in [0.1, 0.15) is 5.82 Å². The van der Waals surface area contributed by atoms with Gasteiger partial charge in [0.2, 0.25) is 0 Å². The predicted molar refractivity (Wildman–Crippen MR) is 87.4 cm³/mol. The van der Waals surface area contributed by atoms with Crippen LogP contribution in [0.2, 0.25) is 0 Å². The molecule has 1 saturated carbocycles. The van der Waals surface area contributed by atoms with Crippen LogP contribution in [-0.4, -0.2) is 48.1 Å². The van der Waals surface area contributed by atoms with Gasteiger partial charge >= 0.3 is 0 Å². The maximum absolute atomic E-state index is 6.19. The Labute approximate surface area is 128 Å². The van der Waals surface area contributed by atoms with Gasteiger partial charge in [0.25, 0.3) is 0 Å². The monoisotopic (exact) mass is 288 g/mol. The Balaban J connectivity index is 1.62. The van der Waals surface area contributed by atoms with E-state index in [-0.39, 0.29) is 5.54 Å². The van der Waals surface area contributed by atoms with Crippen LogP contribution in [0, 0.1) is 5.92 Å². The summed E-state index contributed by atoms with van der Waals surface area (Å²) >= 11 is 0. The first-order chi connectivity index (χ1) is 10.2. The average Bonchev–Trinajstić information content (AvgIpc) is 2.57. The predicted octanol–water partition coefficient (Wildman–Crippen LogP) is 2.11. The molecule has 2 fully saturated rings. The molecule has 0 aromatic carbocycles. The molecule has 2 N–H and O–H groups in total. The van der Waals surface area contributed by atoms with E-state index in [4.69, 9.17) is 5.73 Å². The molecule has 1 saturated heterocycles. The lowest BCUT2D eigenvalue weighted by Crippen LogP contribution is -2.61. The van der Waals surface area contributed by atoms with Crippen LogP contribution in [-0.2, 0) is 0 Å². The fourth-order valence-corrected chi connectivity index (χ4v) is 3.90. The van der Waals surface area contributed by atoms with Crippen LogP contribution >= 0.6 is 0 Å². The van der Waals surface area contributed by atoms with Crippen molar-refractivity contribution < 1.29 is 0 Å². The molecule has 4 nitrogen and oxygen atoms in total. The van der Waals surface area contributed by atoms with E-state index < -0.39 is 0 Å². The van der Waals surface area contributed by atoms with Crippen molar-refractivity contribution in [3.8, 4) is 0 Å². The molecular formula is C17H28N4. The maximum Gasteiger partial charge on any atom is 0.128 e. The molecule has 4 heteroatoms. The van der Waals surface area contributed by atoms with Crippen molar-refractivity contribution in [2.24, 2.45) is 11.7 Å². The number of hydrogen-bond donors (Lipinski definition) is 1. The number of nitrogens with zero attached hydrogens (tertiary/aromatic N) is 3. The van der Waals surface area contributed by atoms with Crippen molar-refractivity contribution in [3.05, 3.63) is 24.4 Å². The van der Waals surface area contributed by atoms with Crippen molar-refractivity contribution in [3.63, 3.8) is 0 Å². The number of pyridine rings is 1. The molecule has 21 heavy (non-hydrogen) atoms. The van der Waals surface area contributed by atoms with Crippen LogP contribution in [0.5, 0.6) is 0 Å². The van der Waals surface area contributed by atoms with Gasteiger partial charge in [0, 0.05) is 44.5 Å². The molecule has 116 valence electrons. The molecule has 0 amide bonds. The summed E-state index contributed by atoms with van der Waals surface area (Å²) in [6, 6.07) is 6.15. The van der Waals surface area contributed by atoms with Gasteiger partial charge in [0.15, 0.2) is 0 Å². The average molecular weight is 288 g/mol. The first-order valence-electron chi connectivity index (χ1n) is 8.35. The summed E-state index contributed by atoms with van der Waals surface area (Å²) in [6.07, 6.45) is 7.09. The van der Waals surface area contributed by atoms with E-state index in [0.717, 1.165) is 44.5 Å². The van der Waals surface area contributed by atoms with Gasteiger partial charge in [-0.05, 0) is 43.7 Å². The summed E-state index contributed by atoms with van der Waals surface area (Å²) in [6.45, 7) is 7.54. The summed E-state index contributed by atoms with van der Waals surface area (Å²) in [4.78, 5) is 9.53. The van der Waals surface area contributed by atoms with E-state index in [1.165, 1.54) is 25.7 Å². The van der Waals surface area contributed by atoms with Crippen LogP contribution in [0.1, 0.15) is 32.6 Å². The van der Waals surface area contributed by atoms with Crippen LogP contribution in [0.15, 0.2) is 24.4 Å². The molecule has 2 heterocycles. The van der Waals surface area contributed by atoms with Crippen LogP contribution in [0.3, 0.4) is 0 Å². The highest BCUT2D eigenvalue weighted by atomic mass is 15.3. The summed E-state index contributed by atoms with van der Waals surface area (Å²) in [5, 5.41) is 0. The number of piperazine rings is 1. The van der Waals surface area contributed by atoms with Crippen LogP contribution in [0.4, 0.5) is 5.82 Å².